The van der Waals surface area contributed by atoms with Gasteiger partial charge in [-0.3, -0.25) is 15.1 Å². The topological polar surface area (TPSA) is 110 Å². The highest BCUT2D eigenvalue weighted by Gasteiger charge is 2.29. The number of aromatic nitrogens is 4. The summed E-state index contributed by atoms with van der Waals surface area (Å²) >= 11 is 0. The van der Waals surface area contributed by atoms with E-state index in [0.29, 0.717) is 18.1 Å². The molecule has 0 saturated heterocycles. The van der Waals surface area contributed by atoms with Crippen LogP contribution in [0.15, 0.2) is 97.6 Å². The van der Waals surface area contributed by atoms with Crippen molar-refractivity contribution < 1.29 is 4.92 Å². The number of nitrogens with zero attached hydrogens (tertiary/aromatic N) is 6. The molecule has 0 bridgehead atoms. The number of hydrogen-bond donors (Lipinski definition) is 1. The van der Waals surface area contributed by atoms with Crippen LogP contribution >= 0.6 is 0 Å². The molecule has 0 saturated carbocycles. The van der Waals surface area contributed by atoms with Crippen LogP contribution in [-0.2, 0) is 6.54 Å². The number of pyridine rings is 2. The van der Waals surface area contributed by atoms with Gasteiger partial charge in [-0.15, -0.1) is 0 Å². The third-order valence-corrected chi connectivity index (χ3v) is 5.25. The number of hydrogen-bond acceptors (Lipinski definition) is 8. The summed E-state index contributed by atoms with van der Waals surface area (Å²) in [5.74, 6) is 0.761. The third-order valence-electron chi connectivity index (χ3n) is 5.25. The van der Waals surface area contributed by atoms with Crippen molar-refractivity contribution in [2.75, 3.05) is 10.2 Å². The Balaban J connectivity index is 1.63. The van der Waals surface area contributed by atoms with Crippen molar-refractivity contribution >= 4 is 39.7 Å². The van der Waals surface area contributed by atoms with Gasteiger partial charge in [-0.25, -0.2) is 15.0 Å². The predicted molar refractivity (Wildman–Crippen MR) is 130 cm³/mol. The third kappa shape index (κ3) is 4.22. The van der Waals surface area contributed by atoms with Crippen molar-refractivity contribution in [3.05, 3.63) is 113 Å². The van der Waals surface area contributed by atoms with E-state index in [9.17, 15) is 10.1 Å². The van der Waals surface area contributed by atoms with Crippen molar-refractivity contribution in [1.29, 1.82) is 0 Å². The molecule has 9 nitrogen and oxygen atoms in total. The molecule has 0 unspecified atom stereocenters. The lowest BCUT2D eigenvalue weighted by Crippen LogP contribution is -2.21. The molecule has 2 aromatic carbocycles. The first-order valence-electron chi connectivity index (χ1n) is 10.5. The van der Waals surface area contributed by atoms with E-state index in [-0.39, 0.29) is 17.3 Å². The molecule has 9 heteroatoms. The first kappa shape index (κ1) is 21.0. The zero-order valence-corrected chi connectivity index (χ0v) is 17.9. The molecule has 5 rings (SSSR count). The highest BCUT2D eigenvalue weighted by molar-refractivity contribution is 5.94. The van der Waals surface area contributed by atoms with Crippen LogP contribution < -0.4 is 10.2 Å². The van der Waals surface area contributed by atoms with E-state index in [0.717, 1.165) is 16.5 Å². The molecule has 0 radical (unpaired) electrons. The SMILES string of the molecule is O=[N+]([O-])c1c(Nc2cccc3ncccc23)ncnc1N(Cc1ccccc1)c1ccccn1. The zero-order valence-electron chi connectivity index (χ0n) is 17.9. The van der Waals surface area contributed by atoms with E-state index >= 15 is 0 Å². The maximum absolute atomic E-state index is 12.3. The summed E-state index contributed by atoms with van der Waals surface area (Å²) in [4.78, 5) is 30.9. The summed E-state index contributed by atoms with van der Waals surface area (Å²) in [6.45, 7) is 0.341. The van der Waals surface area contributed by atoms with Gasteiger partial charge in [-0.2, -0.15) is 0 Å². The Morgan fingerprint density at radius 3 is 2.44 bits per heavy atom. The Kier molecular flexibility index (Phi) is 5.73. The van der Waals surface area contributed by atoms with Crippen LogP contribution in [0.25, 0.3) is 10.9 Å². The van der Waals surface area contributed by atoms with Crippen molar-refractivity contribution in [3.8, 4) is 0 Å². The normalized spacial score (nSPS) is 10.7. The van der Waals surface area contributed by atoms with E-state index in [1.54, 1.807) is 29.4 Å². The van der Waals surface area contributed by atoms with E-state index in [1.807, 2.05) is 66.7 Å². The average Bonchev–Trinajstić information content (AvgIpc) is 2.88. The zero-order chi connectivity index (χ0) is 23.3. The minimum Gasteiger partial charge on any atom is -0.334 e. The minimum atomic E-state index is -0.470. The van der Waals surface area contributed by atoms with Gasteiger partial charge in [0, 0.05) is 23.5 Å². The fraction of sp³-hybridized carbons (Fsp3) is 0.0400. The fourth-order valence-electron chi connectivity index (χ4n) is 3.71. The molecular formula is C25H19N7O2. The molecule has 0 aliphatic heterocycles. The molecule has 0 aliphatic carbocycles. The first-order valence-corrected chi connectivity index (χ1v) is 10.5. The Morgan fingerprint density at radius 2 is 1.65 bits per heavy atom. The van der Waals surface area contributed by atoms with Gasteiger partial charge in [0.2, 0.25) is 11.6 Å². The van der Waals surface area contributed by atoms with Crippen LogP contribution in [0.5, 0.6) is 0 Å². The molecular weight excluding hydrogens is 430 g/mol. The van der Waals surface area contributed by atoms with E-state index in [1.165, 1.54) is 6.33 Å². The minimum absolute atomic E-state index is 0.0837. The van der Waals surface area contributed by atoms with Gasteiger partial charge in [0.15, 0.2) is 0 Å². The van der Waals surface area contributed by atoms with Gasteiger partial charge in [0.1, 0.15) is 12.1 Å². The van der Waals surface area contributed by atoms with Crippen LogP contribution in [0, 0.1) is 10.1 Å². The molecule has 5 aromatic rings. The molecule has 0 aliphatic rings. The summed E-state index contributed by atoms with van der Waals surface area (Å²) < 4.78 is 0. The Hall–Kier alpha value is -4.92. The summed E-state index contributed by atoms with van der Waals surface area (Å²) in [6, 6.07) is 24.3. The average molecular weight is 449 g/mol. The first-order chi connectivity index (χ1) is 16.7. The van der Waals surface area contributed by atoms with E-state index in [2.05, 4.69) is 25.3 Å². The smallest absolute Gasteiger partial charge is 0.334 e. The maximum Gasteiger partial charge on any atom is 0.354 e. The largest absolute Gasteiger partial charge is 0.354 e. The summed E-state index contributed by atoms with van der Waals surface area (Å²) in [5, 5.41) is 16.3. The number of nitrogens with one attached hydrogen (secondary N) is 1. The van der Waals surface area contributed by atoms with Crippen molar-refractivity contribution in [2.45, 2.75) is 6.54 Å². The molecule has 0 atom stereocenters. The second-order valence-electron chi connectivity index (χ2n) is 7.41. The lowest BCUT2D eigenvalue weighted by molar-refractivity contribution is -0.383. The number of benzene rings is 2. The molecule has 0 fully saturated rings. The number of fused-ring (bicyclic) bond motifs is 1. The quantitative estimate of drug-likeness (QED) is 0.259. The molecule has 3 aromatic heterocycles. The second kappa shape index (κ2) is 9.29. The van der Waals surface area contributed by atoms with E-state index < -0.39 is 4.92 Å². The van der Waals surface area contributed by atoms with Crippen LogP contribution in [0.3, 0.4) is 0 Å². The van der Waals surface area contributed by atoms with Gasteiger partial charge in [-0.1, -0.05) is 42.5 Å². The van der Waals surface area contributed by atoms with Gasteiger partial charge in [0.25, 0.3) is 0 Å². The Morgan fingerprint density at radius 1 is 0.824 bits per heavy atom. The number of nitro groups is 1. The Bertz CT molecular complexity index is 1440. The molecule has 3 heterocycles. The molecule has 0 amide bonds. The molecule has 34 heavy (non-hydrogen) atoms. The summed E-state index contributed by atoms with van der Waals surface area (Å²) in [7, 11) is 0. The monoisotopic (exact) mass is 449 g/mol. The van der Waals surface area contributed by atoms with E-state index in [4.69, 9.17) is 0 Å². The molecule has 0 spiro atoms. The van der Waals surface area contributed by atoms with Gasteiger partial charge < -0.3 is 10.2 Å². The van der Waals surface area contributed by atoms with Gasteiger partial charge >= 0.3 is 5.69 Å². The molecule has 1 N–H and O–H groups in total. The standard InChI is InChI=1S/C25H19N7O2/c33-32(34)23-24(30-21-12-6-11-20-19(21)10-7-15-26-20)28-17-29-25(23)31(22-13-4-5-14-27-22)16-18-8-2-1-3-9-18/h1-15,17H,16H2,(H,28,29,30). The highest BCUT2D eigenvalue weighted by atomic mass is 16.6. The Labute approximate surface area is 194 Å². The van der Waals surface area contributed by atoms with Crippen LogP contribution in [-0.4, -0.2) is 24.9 Å². The van der Waals surface area contributed by atoms with Crippen molar-refractivity contribution in [3.63, 3.8) is 0 Å². The molecule has 166 valence electrons. The maximum atomic E-state index is 12.3. The lowest BCUT2D eigenvalue weighted by Gasteiger charge is -2.23. The predicted octanol–water partition coefficient (Wildman–Crippen LogP) is 5.41. The number of anilines is 4. The van der Waals surface area contributed by atoms with Crippen molar-refractivity contribution in [1.82, 2.24) is 19.9 Å². The van der Waals surface area contributed by atoms with Crippen LogP contribution in [0.1, 0.15) is 5.56 Å². The van der Waals surface area contributed by atoms with Crippen molar-refractivity contribution in [2.24, 2.45) is 0 Å². The fourth-order valence-corrected chi connectivity index (χ4v) is 3.71. The van der Waals surface area contributed by atoms with Gasteiger partial charge in [0.05, 0.1) is 17.0 Å². The summed E-state index contributed by atoms with van der Waals surface area (Å²) in [5.41, 5.74) is 2.13. The van der Waals surface area contributed by atoms with Gasteiger partial charge in [-0.05, 0) is 42.0 Å². The highest BCUT2D eigenvalue weighted by Crippen LogP contribution is 2.38. The van der Waals surface area contributed by atoms with Crippen LogP contribution in [0.4, 0.5) is 28.8 Å². The van der Waals surface area contributed by atoms with Crippen LogP contribution in [0.2, 0.25) is 0 Å². The number of rotatable bonds is 7. The lowest BCUT2D eigenvalue weighted by atomic mass is 10.2. The summed E-state index contributed by atoms with van der Waals surface area (Å²) in [6.07, 6.45) is 4.66. The second-order valence-corrected chi connectivity index (χ2v) is 7.41.